The molecule has 148 valence electrons. The highest BCUT2D eigenvalue weighted by Gasteiger charge is 2.25. The molecule has 0 aliphatic carbocycles. The van der Waals surface area contributed by atoms with E-state index in [-0.39, 0.29) is 6.10 Å². The van der Waals surface area contributed by atoms with Crippen molar-refractivity contribution in [2.24, 2.45) is 5.92 Å². The first-order chi connectivity index (χ1) is 14.2. The van der Waals surface area contributed by atoms with Crippen LogP contribution in [0.25, 0.3) is 16.8 Å². The van der Waals surface area contributed by atoms with Gasteiger partial charge in [-0.2, -0.15) is 0 Å². The summed E-state index contributed by atoms with van der Waals surface area (Å²) in [6, 6.07) is 27.5. The first-order valence-corrected chi connectivity index (χ1v) is 11.1. The van der Waals surface area contributed by atoms with Crippen molar-refractivity contribution < 1.29 is 4.74 Å². The second-order valence-corrected chi connectivity index (χ2v) is 8.55. The lowest BCUT2D eigenvalue weighted by molar-refractivity contribution is 0.102. The Kier molecular flexibility index (Phi) is 5.96. The molecule has 0 aromatic heterocycles. The number of thioether (sulfide) groups is 1. The summed E-state index contributed by atoms with van der Waals surface area (Å²) in [6.07, 6.45) is 1.22. The van der Waals surface area contributed by atoms with Crippen LogP contribution in [0.4, 0.5) is 5.69 Å². The van der Waals surface area contributed by atoms with Gasteiger partial charge in [0.25, 0.3) is 0 Å². The summed E-state index contributed by atoms with van der Waals surface area (Å²) < 4.78 is 6.60. The minimum Gasteiger partial charge on any atom is -0.482 e. The topological polar surface area (TPSA) is 21.3 Å². The third-order valence-corrected chi connectivity index (χ3v) is 6.56. The lowest BCUT2D eigenvalue weighted by Gasteiger charge is -2.28. The van der Waals surface area contributed by atoms with Gasteiger partial charge in [0.1, 0.15) is 0 Å². The fourth-order valence-corrected chi connectivity index (χ4v) is 4.44. The van der Waals surface area contributed by atoms with E-state index >= 15 is 0 Å². The van der Waals surface area contributed by atoms with Gasteiger partial charge in [0, 0.05) is 21.7 Å². The summed E-state index contributed by atoms with van der Waals surface area (Å²) in [6.45, 7) is 6.63. The maximum absolute atomic E-state index is 6.60. The third kappa shape index (κ3) is 4.20. The zero-order chi connectivity index (χ0) is 20.2. The van der Waals surface area contributed by atoms with Crippen molar-refractivity contribution in [1.82, 2.24) is 0 Å². The molecule has 29 heavy (non-hydrogen) atoms. The van der Waals surface area contributed by atoms with Crippen LogP contribution >= 0.6 is 11.8 Å². The van der Waals surface area contributed by atoms with E-state index in [0.29, 0.717) is 5.92 Å². The van der Waals surface area contributed by atoms with Gasteiger partial charge in [0.15, 0.2) is 5.09 Å². The zero-order valence-corrected chi connectivity index (χ0v) is 18.0. The summed E-state index contributed by atoms with van der Waals surface area (Å²) in [5, 5.41) is 4.59. The van der Waals surface area contributed by atoms with Crippen molar-refractivity contribution in [1.29, 1.82) is 0 Å². The molecule has 2 atom stereocenters. The molecule has 1 aliphatic rings. The third-order valence-electron chi connectivity index (χ3n) is 5.57. The summed E-state index contributed by atoms with van der Waals surface area (Å²) >= 11 is 1.68. The first kappa shape index (κ1) is 19.7. The fraction of sp³-hybridized carbons (Fsp3) is 0.231. The number of benzene rings is 3. The average Bonchev–Trinajstić information content (AvgIpc) is 2.78. The average molecular weight is 402 g/mol. The van der Waals surface area contributed by atoms with Crippen LogP contribution in [0, 0.1) is 5.92 Å². The van der Waals surface area contributed by atoms with Gasteiger partial charge in [-0.05, 0) is 36.6 Å². The standard InChI is InChI=1S/C26H27NOS/c1-4-18(2)19(3)28-26(29-20-12-6-5-7-13-20)25-23-16-9-8-14-21(23)22-15-10-11-17-24(22)27-25/h5-19,27H,4H2,1-3H3/b26-25+. The van der Waals surface area contributed by atoms with Gasteiger partial charge in [-0.15, -0.1) is 0 Å². The highest BCUT2D eigenvalue weighted by atomic mass is 32.2. The molecule has 2 unspecified atom stereocenters. The van der Waals surface area contributed by atoms with Gasteiger partial charge in [-0.25, -0.2) is 0 Å². The van der Waals surface area contributed by atoms with Crippen LogP contribution < -0.4 is 5.32 Å². The molecule has 1 heterocycles. The summed E-state index contributed by atoms with van der Waals surface area (Å²) in [7, 11) is 0. The minimum atomic E-state index is 0.129. The van der Waals surface area contributed by atoms with Crippen LogP contribution in [0.1, 0.15) is 32.8 Å². The van der Waals surface area contributed by atoms with Gasteiger partial charge in [0.05, 0.1) is 11.8 Å². The lowest BCUT2D eigenvalue weighted by atomic mass is 9.93. The number of nitrogens with one attached hydrogen (secondary N) is 1. The fourth-order valence-electron chi connectivity index (χ4n) is 3.47. The van der Waals surface area contributed by atoms with Crippen LogP contribution in [-0.2, 0) is 4.74 Å². The number of hydrogen-bond donors (Lipinski definition) is 1. The van der Waals surface area contributed by atoms with Crippen LogP contribution in [0.5, 0.6) is 0 Å². The molecule has 0 spiro atoms. The van der Waals surface area contributed by atoms with Crippen molar-refractivity contribution in [2.45, 2.75) is 38.2 Å². The molecule has 1 aliphatic heterocycles. The van der Waals surface area contributed by atoms with Crippen LogP contribution in [-0.4, -0.2) is 6.10 Å². The van der Waals surface area contributed by atoms with Gasteiger partial charge >= 0.3 is 0 Å². The van der Waals surface area contributed by atoms with Crippen molar-refractivity contribution >= 4 is 23.1 Å². The number of fused-ring (bicyclic) bond motifs is 3. The Bertz CT molecular complexity index is 1010. The van der Waals surface area contributed by atoms with E-state index in [1.165, 1.54) is 21.6 Å². The monoisotopic (exact) mass is 401 g/mol. The number of rotatable bonds is 6. The maximum Gasteiger partial charge on any atom is 0.182 e. The quantitative estimate of drug-likeness (QED) is 0.338. The Morgan fingerprint density at radius 2 is 1.45 bits per heavy atom. The van der Waals surface area contributed by atoms with E-state index in [1.54, 1.807) is 11.8 Å². The molecule has 0 amide bonds. The second kappa shape index (κ2) is 8.79. The largest absolute Gasteiger partial charge is 0.482 e. The Balaban J connectivity index is 1.83. The van der Waals surface area contributed by atoms with E-state index in [9.17, 15) is 0 Å². The SMILES string of the molecule is CCC(C)C(C)O/C(Sc1ccccc1)=C1\Nc2ccccc2-c2ccccc21. The van der Waals surface area contributed by atoms with Gasteiger partial charge in [-0.1, -0.05) is 92.7 Å². The van der Waals surface area contributed by atoms with Gasteiger partial charge in [0.2, 0.25) is 0 Å². The number of para-hydroxylation sites is 1. The van der Waals surface area contributed by atoms with E-state index < -0.39 is 0 Å². The van der Waals surface area contributed by atoms with Crippen LogP contribution in [0.2, 0.25) is 0 Å². The molecule has 3 heteroatoms. The highest BCUT2D eigenvalue weighted by molar-refractivity contribution is 8.03. The van der Waals surface area contributed by atoms with E-state index in [0.717, 1.165) is 22.9 Å². The van der Waals surface area contributed by atoms with E-state index in [1.807, 2.05) is 6.07 Å². The van der Waals surface area contributed by atoms with Crippen molar-refractivity contribution in [3.63, 3.8) is 0 Å². The van der Waals surface area contributed by atoms with Crippen LogP contribution in [0.3, 0.4) is 0 Å². The summed E-state index contributed by atoms with van der Waals surface area (Å²) in [5.41, 5.74) is 5.81. The Hall–Kier alpha value is -2.65. The molecular formula is C26H27NOS. The predicted octanol–water partition coefficient (Wildman–Crippen LogP) is 7.65. The highest BCUT2D eigenvalue weighted by Crippen LogP contribution is 2.44. The van der Waals surface area contributed by atoms with Gasteiger partial charge < -0.3 is 10.1 Å². The predicted molar refractivity (Wildman–Crippen MR) is 125 cm³/mol. The summed E-state index contributed by atoms with van der Waals surface area (Å²) in [4.78, 5) is 1.17. The smallest absolute Gasteiger partial charge is 0.182 e. The lowest BCUT2D eigenvalue weighted by Crippen LogP contribution is -2.19. The maximum atomic E-state index is 6.60. The first-order valence-electron chi connectivity index (χ1n) is 10.3. The molecule has 0 fully saturated rings. The molecule has 4 rings (SSSR count). The Morgan fingerprint density at radius 1 is 0.828 bits per heavy atom. The molecule has 2 nitrogen and oxygen atoms in total. The number of hydrogen-bond acceptors (Lipinski definition) is 3. The molecule has 0 radical (unpaired) electrons. The molecule has 0 saturated carbocycles. The molecule has 3 aromatic carbocycles. The summed E-state index contributed by atoms with van der Waals surface area (Å²) in [5.74, 6) is 0.480. The second-order valence-electron chi connectivity index (χ2n) is 7.50. The van der Waals surface area contributed by atoms with Gasteiger partial charge in [-0.3, -0.25) is 0 Å². The molecule has 0 saturated heterocycles. The Labute approximate surface area is 178 Å². The number of anilines is 1. The molecule has 1 N–H and O–H groups in total. The molecule has 0 bridgehead atoms. The zero-order valence-electron chi connectivity index (χ0n) is 17.2. The van der Waals surface area contributed by atoms with Crippen molar-refractivity contribution in [3.05, 3.63) is 89.5 Å². The molecular weight excluding hydrogens is 374 g/mol. The number of ether oxygens (including phenoxy) is 1. The van der Waals surface area contributed by atoms with E-state index in [2.05, 4.69) is 98.9 Å². The Morgan fingerprint density at radius 3 is 2.17 bits per heavy atom. The van der Waals surface area contributed by atoms with Crippen molar-refractivity contribution in [3.8, 4) is 11.1 Å². The van der Waals surface area contributed by atoms with E-state index in [4.69, 9.17) is 4.74 Å². The van der Waals surface area contributed by atoms with Crippen molar-refractivity contribution in [2.75, 3.05) is 5.32 Å². The normalized spacial score (nSPS) is 16.1. The van der Waals surface area contributed by atoms with Crippen LogP contribution in [0.15, 0.2) is 88.8 Å². The molecule has 3 aromatic rings. The minimum absolute atomic E-state index is 0.129.